The fourth-order valence-corrected chi connectivity index (χ4v) is 2.63. The molecule has 0 aliphatic rings. The molecule has 2 rings (SSSR count). The molecule has 0 bridgehead atoms. The van der Waals surface area contributed by atoms with E-state index in [1.165, 1.54) is 0 Å². The first kappa shape index (κ1) is 19.5. The predicted octanol–water partition coefficient (Wildman–Crippen LogP) is 2.83. The van der Waals surface area contributed by atoms with Gasteiger partial charge in [-0.2, -0.15) is 0 Å². The standard InChI is InChI=1S/C20H23NO5/c1-3-20(19(23)24,16-7-5-4-6-8-16)21-18(22)15-9-11-17(12-10-15)26-14-13-25-2/h4-12H,3,13-14H2,1-2H3,(H,21,22)(H,23,24). The van der Waals surface area contributed by atoms with Crippen molar-refractivity contribution < 1.29 is 24.2 Å². The molecule has 1 unspecified atom stereocenters. The minimum absolute atomic E-state index is 0.219. The second-order valence-corrected chi connectivity index (χ2v) is 5.75. The van der Waals surface area contributed by atoms with Crippen molar-refractivity contribution >= 4 is 11.9 Å². The van der Waals surface area contributed by atoms with E-state index in [2.05, 4.69) is 5.32 Å². The van der Waals surface area contributed by atoms with Crippen LogP contribution in [0.25, 0.3) is 0 Å². The lowest BCUT2D eigenvalue weighted by Crippen LogP contribution is -2.51. The molecule has 138 valence electrons. The Balaban J connectivity index is 2.18. The van der Waals surface area contributed by atoms with Gasteiger partial charge < -0.3 is 19.9 Å². The SMILES string of the molecule is CCC(NC(=O)c1ccc(OCCOC)cc1)(C(=O)O)c1ccccc1. The van der Waals surface area contributed by atoms with E-state index in [-0.39, 0.29) is 6.42 Å². The molecule has 1 amide bonds. The van der Waals surface area contributed by atoms with Crippen molar-refractivity contribution in [2.45, 2.75) is 18.9 Å². The lowest BCUT2D eigenvalue weighted by atomic mass is 9.87. The third-order valence-corrected chi connectivity index (χ3v) is 4.16. The van der Waals surface area contributed by atoms with Gasteiger partial charge >= 0.3 is 5.97 Å². The topological polar surface area (TPSA) is 84.9 Å². The molecular formula is C20H23NO5. The summed E-state index contributed by atoms with van der Waals surface area (Å²) in [5.74, 6) is -0.942. The van der Waals surface area contributed by atoms with Gasteiger partial charge in [-0.3, -0.25) is 4.79 Å². The maximum Gasteiger partial charge on any atom is 0.334 e. The normalized spacial score (nSPS) is 12.8. The predicted molar refractivity (Wildman–Crippen MR) is 97.3 cm³/mol. The number of carbonyl (C=O) groups excluding carboxylic acids is 1. The Bertz CT molecular complexity index is 730. The Morgan fingerprint density at radius 3 is 2.23 bits per heavy atom. The molecule has 0 aliphatic heterocycles. The Labute approximate surface area is 152 Å². The van der Waals surface area contributed by atoms with Crippen LogP contribution in [-0.4, -0.2) is 37.3 Å². The molecule has 0 spiro atoms. The molecule has 2 aromatic rings. The largest absolute Gasteiger partial charge is 0.491 e. The zero-order valence-corrected chi connectivity index (χ0v) is 14.9. The quantitative estimate of drug-likeness (QED) is 0.674. The molecule has 6 nitrogen and oxygen atoms in total. The number of hydrogen-bond donors (Lipinski definition) is 2. The summed E-state index contributed by atoms with van der Waals surface area (Å²) < 4.78 is 10.4. The highest BCUT2D eigenvalue weighted by atomic mass is 16.5. The third-order valence-electron chi connectivity index (χ3n) is 4.16. The molecule has 0 aliphatic carbocycles. The van der Waals surface area contributed by atoms with Gasteiger partial charge in [-0.15, -0.1) is 0 Å². The molecule has 6 heteroatoms. The summed E-state index contributed by atoms with van der Waals surface area (Å²) in [4.78, 5) is 24.6. The van der Waals surface area contributed by atoms with Gasteiger partial charge in [0.05, 0.1) is 6.61 Å². The Hall–Kier alpha value is -2.86. The molecule has 2 aromatic carbocycles. The van der Waals surface area contributed by atoms with Crippen molar-refractivity contribution in [3.63, 3.8) is 0 Å². The Morgan fingerprint density at radius 1 is 1.04 bits per heavy atom. The first-order chi connectivity index (χ1) is 12.5. The molecular weight excluding hydrogens is 334 g/mol. The average molecular weight is 357 g/mol. The highest BCUT2D eigenvalue weighted by Crippen LogP contribution is 2.26. The monoisotopic (exact) mass is 357 g/mol. The molecule has 0 saturated carbocycles. The van der Waals surface area contributed by atoms with Crippen molar-refractivity contribution in [3.8, 4) is 5.75 Å². The van der Waals surface area contributed by atoms with Crippen LogP contribution in [0.1, 0.15) is 29.3 Å². The summed E-state index contributed by atoms with van der Waals surface area (Å²) in [5, 5.41) is 12.5. The lowest BCUT2D eigenvalue weighted by Gasteiger charge is -2.30. The van der Waals surface area contributed by atoms with Crippen LogP contribution in [0.15, 0.2) is 54.6 Å². The van der Waals surface area contributed by atoms with E-state index in [0.29, 0.717) is 30.1 Å². The maximum absolute atomic E-state index is 12.6. The van der Waals surface area contributed by atoms with E-state index in [9.17, 15) is 14.7 Å². The van der Waals surface area contributed by atoms with Crippen LogP contribution in [0.2, 0.25) is 0 Å². The van der Waals surface area contributed by atoms with E-state index in [1.54, 1.807) is 68.6 Å². The molecule has 0 saturated heterocycles. The van der Waals surface area contributed by atoms with Crippen LogP contribution in [0.3, 0.4) is 0 Å². The van der Waals surface area contributed by atoms with E-state index in [1.807, 2.05) is 0 Å². The number of ether oxygens (including phenoxy) is 2. The second kappa shape index (κ2) is 9.01. The zero-order valence-electron chi connectivity index (χ0n) is 14.9. The van der Waals surface area contributed by atoms with Crippen LogP contribution in [0.4, 0.5) is 0 Å². The van der Waals surface area contributed by atoms with Gasteiger partial charge in [0.1, 0.15) is 12.4 Å². The first-order valence-corrected chi connectivity index (χ1v) is 8.36. The van der Waals surface area contributed by atoms with E-state index >= 15 is 0 Å². The highest BCUT2D eigenvalue weighted by Gasteiger charge is 2.40. The lowest BCUT2D eigenvalue weighted by molar-refractivity contribution is -0.145. The van der Waals surface area contributed by atoms with E-state index < -0.39 is 17.4 Å². The fourth-order valence-electron chi connectivity index (χ4n) is 2.63. The third kappa shape index (κ3) is 4.40. The van der Waals surface area contributed by atoms with Gasteiger partial charge in [0.15, 0.2) is 5.54 Å². The van der Waals surface area contributed by atoms with Gasteiger partial charge in [-0.05, 0) is 36.2 Å². The van der Waals surface area contributed by atoms with Crippen LogP contribution < -0.4 is 10.1 Å². The maximum atomic E-state index is 12.6. The number of benzene rings is 2. The Morgan fingerprint density at radius 2 is 1.69 bits per heavy atom. The van der Waals surface area contributed by atoms with Crippen molar-refractivity contribution in [1.82, 2.24) is 5.32 Å². The minimum Gasteiger partial charge on any atom is -0.491 e. The summed E-state index contributed by atoms with van der Waals surface area (Å²) in [5.41, 5.74) is -0.589. The molecule has 2 N–H and O–H groups in total. The fraction of sp³-hybridized carbons (Fsp3) is 0.300. The van der Waals surface area contributed by atoms with Crippen LogP contribution >= 0.6 is 0 Å². The van der Waals surface area contributed by atoms with Crippen LogP contribution in [0, 0.1) is 0 Å². The molecule has 0 aromatic heterocycles. The molecule has 1 atom stereocenters. The van der Waals surface area contributed by atoms with Gasteiger partial charge in [0, 0.05) is 12.7 Å². The van der Waals surface area contributed by atoms with Gasteiger partial charge in [-0.25, -0.2) is 4.79 Å². The van der Waals surface area contributed by atoms with Gasteiger partial charge in [-0.1, -0.05) is 37.3 Å². The van der Waals surface area contributed by atoms with Gasteiger partial charge in [0.25, 0.3) is 5.91 Å². The molecule has 0 fully saturated rings. The number of carbonyl (C=O) groups is 2. The summed E-state index contributed by atoms with van der Waals surface area (Å²) in [6.07, 6.45) is 0.219. The summed E-state index contributed by atoms with van der Waals surface area (Å²) in [6.45, 7) is 2.61. The number of amides is 1. The number of methoxy groups -OCH3 is 1. The zero-order chi connectivity index (χ0) is 19.0. The number of aliphatic carboxylic acids is 1. The van der Waals surface area contributed by atoms with Crippen molar-refractivity contribution in [2.75, 3.05) is 20.3 Å². The first-order valence-electron chi connectivity index (χ1n) is 8.36. The highest BCUT2D eigenvalue weighted by molar-refractivity contribution is 5.98. The number of carboxylic acids is 1. The van der Waals surface area contributed by atoms with Crippen molar-refractivity contribution in [3.05, 3.63) is 65.7 Å². The van der Waals surface area contributed by atoms with Crippen LogP contribution in [0.5, 0.6) is 5.75 Å². The molecule has 0 heterocycles. The summed E-state index contributed by atoms with van der Waals surface area (Å²) >= 11 is 0. The molecule has 0 radical (unpaired) electrons. The molecule has 26 heavy (non-hydrogen) atoms. The van der Waals surface area contributed by atoms with Crippen molar-refractivity contribution in [2.24, 2.45) is 0 Å². The van der Waals surface area contributed by atoms with E-state index in [0.717, 1.165) is 0 Å². The average Bonchev–Trinajstić information content (AvgIpc) is 2.67. The number of hydrogen-bond acceptors (Lipinski definition) is 4. The summed E-state index contributed by atoms with van der Waals surface area (Å²) in [6, 6.07) is 15.2. The van der Waals surface area contributed by atoms with Crippen molar-refractivity contribution in [1.29, 1.82) is 0 Å². The number of carboxylic acid groups (broad SMARTS) is 1. The Kier molecular flexibility index (Phi) is 6.74. The smallest absolute Gasteiger partial charge is 0.334 e. The summed E-state index contributed by atoms with van der Waals surface area (Å²) in [7, 11) is 1.59. The van der Waals surface area contributed by atoms with E-state index in [4.69, 9.17) is 9.47 Å². The number of nitrogens with one attached hydrogen (secondary N) is 1. The van der Waals surface area contributed by atoms with Crippen LogP contribution in [-0.2, 0) is 15.1 Å². The van der Waals surface area contributed by atoms with Gasteiger partial charge in [0.2, 0.25) is 0 Å². The number of rotatable bonds is 9. The minimum atomic E-state index is -1.48. The second-order valence-electron chi connectivity index (χ2n) is 5.75.